The highest BCUT2D eigenvalue weighted by molar-refractivity contribution is 7.80. The summed E-state index contributed by atoms with van der Waals surface area (Å²) in [6, 6.07) is 10.6. The summed E-state index contributed by atoms with van der Waals surface area (Å²) < 4.78 is 23.9. The van der Waals surface area contributed by atoms with Gasteiger partial charge in [-0.15, -0.1) is 0 Å². The Kier molecular flexibility index (Phi) is 11.9. The van der Waals surface area contributed by atoms with Crippen molar-refractivity contribution in [2.24, 2.45) is 5.73 Å². The van der Waals surface area contributed by atoms with E-state index in [4.69, 9.17) is 26.4 Å². The molecule has 140 valence electrons. The summed E-state index contributed by atoms with van der Waals surface area (Å²) in [4.78, 5) is 27.2. The lowest BCUT2D eigenvalue weighted by Gasteiger charge is -2.04. The summed E-state index contributed by atoms with van der Waals surface area (Å²) in [7, 11) is -1.37. The van der Waals surface area contributed by atoms with Gasteiger partial charge in [0.25, 0.3) is 0 Å². The van der Waals surface area contributed by atoms with Gasteiger partial charge >= 0.3 is 13.4 Å². The molecule has 0 bridgehead atoms. The molecule has 0 saturated carbocycles. The van der Waals surface area contributed by atoms with Gasteiger partial charge in [-0.25, -0.2) is 9.36 Å². The number of ether oxygens (including phenoxy) is 1. The van der Waals surface area contributed by atoms with Crippen LogP contribution in [0.4, 0.5) is 0 Å². The molecule has 0 saturated heterocycles. The van der Waals surface area contributed by atoms with Crippen molar-refractivity contribution in [2.75, 3.05) is 20.8 Å². The molecule has 0 unspecified atom stereocenters. The van der Waals surface area contributed by atoms with Crippen LogP contribution >= 0.6 is 20.0 Å². The van der Waals surface area contributed by atoms with Gasteiger partial charge in [0, 0.05) is 17.9 Å². The van der Waals surface area contributed by atoms with Crippen molar-refractivity contribution in [3.8, 4) is 0 Å². The fourth-order valence-corrected chi connectivity index (χ4v) is 2.02. The SMILES string of the molecule is CN.COC(=S)CCCOP(=O)(O)O.O=c1ccc2ccccc2o1. The third kappa shape index (κ3) is 11.5. The monoisotopic (exact) mass is 391 g/mol. The van der Waals surface area contributed by atoms with Crippen molar-refractivity contribution in [3.05, 3.63) is 46.8 Å². The number of methoxy groups -OCH3 is 1. The van der Waals surface area contributed by atoms with E-state index in [0.29, 0.717) is 23.5 Å². The van der Waals surface area contributed by atoms with Crippen LogP contribution in [0.3, 0.4) is 0 Å². The van der Waals surface area contributed by atoms with Crippen LogP contribution in [0.25, 0.3) is 11.0 Å². The van der Waals surface area contributed by atoms with Crippen molar-refractivity contribution >= 4 is 36.1 Å². The predicted molar refractivity (Wildman–Crippen MR) is 99.4 cm³/mol. The van der Waals surface area contributed by atoms with Crippen LogP contribution < -0.4 is 11.4 Å². The Labute approximate surface area is 150 Å². The largest absolute Gasteiger partial charge is 0.490 e. The number of fused-ring (bicyclic) bond motifs is 1. The maximum Gasteiger partial charge on any atom is 0.469 e. The minimum Gasteiger partial charge on any atom is -0.490 e. The summed E-state index contributed by atoms with van der Waals surface area (Å²) in [6.45, 7) is -0.0201. The number of nitrogens with two attached hydrogens (primary N) is 1. The van der Waals surface area contributed by atoms with Gasteiger partial charge in [0.05, 0.1) is 13.7 Å². The number of rotatable bonds is 5. The highest BCUT2D eigenvalue weighted by Crippen LogP contribution is 2.35. The molecule has 1 aromatic heterocycles. The average Bonchev–Trinajstić information content (AvgIpc) is 2.60. The molecule has 0 aliphatic heterocycles. The van der Waals surface area contributed by atoms with Gasteiger partial charge in [-0.2, -0.15) is 0 Å². The molecule has 0 radical (unpaired) electrons. The van der Waals surface area contributed by atoms with Gasteiger partial charge in [-0.05, 0) is 37.8 Å². The lowest BCUT2D eigenvalue weighted by molar-refractivity contribution is 0.195. The summed E-state index contributed by atoms with van der Waals surface area (Å²) in [5, 5.41) is 1.36. The number of thiocarbonyl (C=S) groups is 1. The van der Waals surface area contributed by atoms with Gasteiger partial charge in [-0.1, -0.05) is 18.2 Å². The number of hydrogen-bond acceptors (Lipinski definition) is 7. The van der Waals surface area contributed by atoms with E-state index in [2.05, 4.69) is 15.0 Å². The van der Waals surface area contributed by atoms with E-state index in [0.717, 1.165) is 5.39 Å². The van der Waals surface area contributed by atoms with Crippen LogP contribution in [0, 0.1) is 0 Å². The Morgan fingerprint density at radius 1 is 1.24 bits per heavy atom. The Balaban J connectivity index is 0.000000419. The third-order valence-electron chi connectivity index (χ3n) is 2.54. The smallest absolute Gasteiger partial charge is 0.469 e. The Morgan fingerprint density at radius 2 is 1.88 bits per heavy atom. The van der Waals surface area contributed by atoms with Crippen molar-refractivity contribution in [1.29, 1.82) is 0 Å². The zero-order chi connectivity index (χ0) is 19.3. The molecule has 0 aliphatic rings. The number of para-hydroxylation sites is 1. The molecular weight excluding hydrogens is 369 g/mol. The Hall–Kier alpha value is -1.61. The fourth-order valence-electron chi connectivity index (χ4n) is 1.51. The van der Waals surface area contributed by atoms with Crippen LogP contribution in [0.5, 0.6) is 0 Å². The minimum atomic E-state index is -4.32. The van der Waals surface area contributed by atoms with Crippen molar-refractivity contribution < 1.29 is 28.0 Å². The van der Waals surface area contributed by atoms with Crippen LogP contribution in [0.2, 0.25) is 0 Å². The molecular formula is C15H22NO7PS. The molecule has 2 aromatic rings. The van der Waals surface area contributed by atoms with E-state index in [1.54, 1.807) is 12.1 Å². The molecule has 0 aliphatic carbocycles. The average molecular weight is 391 g/mol. The lowest BCUT2D eigenvalue weighted by Crippen LogP contribution is -2.00. The number of benzene rings is 1. The Morgan fingerprint density at radius 3 is 2.48 bits per heavy atom. The van der Waals surface area contributed by atoms with Gasteiger partial charge in [0.2, 0.25) is 0 Å². The van der Waals surface area contributed by atoms with E-state index in [9.17, 15) is 9.36 Å². The van der Waals surface area contributed by atoms with Crippen LogP contribution in [0.15, 0.2) is 45.6 Å². The third-order valence-corrected chi connectivity index (χ3v) is 3.43. The molecule has 1 heterocycles. The van der Waals surface area contributed by atoms with Crippen molar-refractivity contribution in [2.45, 2.75) is 12.8 Å². The van der Waals surface area contributed by atoms with Gasteiger partial charge < -0.3 is 24.7 Å². The standard InChI is InChI=1S/C9H6O2.C5H11O5PS.CH5N/c10-9-6-5-7-3-1-2-4-8(7)11-9;1-9-5(12)3-2-4-10-11(6,7)8;1-2/h1-6H;2-4H2,1H3,(H2,6,7,8);2H2,1H3. The summed E-state index contributed by atoms with van der Waals surface area (Å²) in [5.41, 5.74) is 4.84. The quantitative estimate of drug-likeness (QED) is 0.304. The van der Waals surface area contributed by atoms with Gasteiger partial charge in [0.1, 0.15) is 5.58 Å². The molecule has 0 spiro atoms. The number of phosphoric ester groups is 1. The Bertz CT molecular complexity index is 744. The summed E-state index contributed by atoms with van der Waals surface area (Å²) in [5.74, 6) is 0. The number of hydrogen-bond donors (Lipinski definition) is 3. The van der Waals surface area contributed by atoms with Crippen molar-refractivity contribution in [1.82, 2.24) is 0 Å². The number of phosphoric acid groups is 1. The van der Waals surface area contributed by atoms with E-state index in [1.165, 1.54) is 20.2 Å². The molecule has 10 heteroatoms. The summed E-state index contributed by atoms with van der Waals surface area (Å²) in [6.07, 6.45) is 0.906. The maximum absolute atomic E-state index is 10.7. The molecule has 8 nitrogen and oxygen atoms in total. The molecule has 4 N–H and O–H groups in total. The van der Waals surface area contributed by atoms with E-state index in [1.807, 2.05) is 18.2 Å². The second-order valence-electron chi connectivity index (χ2n) is 4.30. The minimum absolute atomic E-state index is 0.0201. The second-order valence-corrected chi connectivity index (χ2v) is 5.99. The normalized spacial score (nSPS) is 10.1. The molecule has 2 rings (SSSR count). The first-order valence-electron chi connectivity index (χ1n) is 7.15. The topological polar surface area (TPSA) is 132 Å². The molecule has 0 amide bonds. The van der Waals surface area contributed by atoms with E-state index in [-0.39, 0.29) is 12.2 Å². The molecule has 0 atom stereocenters. The van der Waals surface area contributed by atoms with E-state index >= 15 is 0 Å². The zero-order valence-corrected chi connectivity index (χ0v) is 15.7. The fraction of sp³-hybridized carbons (Fsp3) is 0.333. The van der Waals surface area contributed by atoms with Crippen molar-refractivity contribution in [3.63, 3.8) is 0 Å². The van der Waals surface area contributed by atoms with Gasteiger partial charge in [-0.3, -0.25) is 4.52 Å². The highest BCUT2D eigenvalue weighted by atomic mass is 32.1. The molecule has 0 fully saturated rings. The first-order valence-corrected chi connectivity index (χ1v) is 9.09. The summed E-state index contributed by atoms with van der Waals surface area (Å²) >= 11 is 4.69. The second kappa shape index (κ2) is 12.7. The first-order chi connectivity index (χ1) is 11.8. The predicted octanol–water partition coefficient (Wildman–Crippen LogP) is 2.22. The molecule has 1 aromatic carbocycles. The van der Waals surface area contributed by atoms with Crippen LogP contribution in [-0.2, 0) is 13.8 Å². The maximum atomic E-state index is 10.7. The van der Waals surface area contributed by atoms with Gasteiger partial charge in [0.15, 0.2) is 5.05 Å². The lowest BCUT2D eigenvalue weighted by atomic mass is 10.2. The van der Waals surface area contributed by atoms with E-state index < -0.39 is 7.82 Å². The zero-order valence-electron chi connectivity index (χ0n) is 14.0. The highest BCUT2D eigenvalue weighted by Gasteiger charge is 2.12. The molecule has 25 heavy (non-hydrogen) atoms. The van der Waals surface area contributed by atoms with Crippen LogP contribution in [0.1, 0.15) is 12.8 Å². The van der Waals surface area contributed by atoms with Crippen LogP contribution in [-0.4, -0.2) is 35.6 Å². The first kappa shape index (κ1) is 23.4.